The second-order valence-electron chi connectivity index (χ2n) is 5.78. The second-order valence-corrected chi connectivity index (χ2v) is 5.78. The molecule has 1 aromatic carbocycles. The summed E-state index contributed by atoms with van der Waals surface area (Å²) in [6, 6.07) is 4.80. The van der Waals surface area contributed by atoms with Crippen LogP contribution in [0.25, 0.3) is 0 Å². The molecule has 0 saturated carbocycles. The Balaban J connectivity index is 2.42. The van der Waals surface area contributed by atoms with E-state index in [1.165, 1.54) is 17.5 Å². The standard InChI is InChI=1S/C16H25NO2/c1-11(2)8-14-13-10-16(19-5)15(18-4)9-12(13)6-7-17(14)3/h9-11,14H,6-8H2,1-5H3/t14-/m0/s1. The lowest BCUT2D eigenvalue weighted by Crippen LogP contribution is -2.33. The number of hydrogen-bond donors (Lipinski definition) is 0. The smallest absolute Gasteiger partial charge is 0.161 e. The molecule has 0 saturated heterocycles. The highest BCUT2D eigenvalue weighted by molar-refractivity contribution is 5.49. The number of hydrogen-bond acceptors (Lipinski definition) is 3. The van der Waals surface area contributed by atoms with Gasteiger partial charge >= 0.3 is 0 Å². The Morgan fingerprint density at radius 1 is 1.21 bits per heavy atom. The molecule has 0 fully saturated rings. The highest BCUT2D eigenvalue weighted by Gasteiger charge is 2.27. The van der Waals surface area contributed by atoms with Gasteiger partial charge in [0, 0.05) is 12.6 Å². The van der Waals surface area contributed by atoms with Crippen molar-refractivity contribution in [2.24, 2.45) is 5.92 Å². The molecule has 0 N–H and O–H groups in total. The van der Waals surface area contributed by atoms with Crippen molar-refractivity contribution >= 4 is 0 Å². The molecular weight excluding hydrogens is 238 g/mol. The molecular formula is C16H25NO2. The molecule has 1 atom stereocenters. The van der Waals surface area contributed by atoms with E-state index < -0.39 is 0 Å². The first-order chi connectivity index (χ1) is 9.06. The quantitative estimate of drug-likeness (QED) is 0.832. The van der Waals surface area contributed by atoms with Gasteiger partial charge in [-0.25, -0.2) is 0 Å². The first kappa shape index (κ1) is 14.2. The van der Waals surface area contributed by atoms with Gasteiger partial charge in [-0.3, -0.25) is 4.90 Å². The number of rotatable bonds is 4. The Morgan fingerprint density at radius 3 is 2.42 bits per heavy atom. The molecule has 106 valence electrons. The molecule has 0 bridgehead atoms. The fraction of sp³-hybridized carbons (Fsp3) is 0.625. The van der Waals surface area contributed by atoms with E-state index in [2.05, 4.69) is 37.9 Å². The van der Waals surface area contributed by atoms with Crippen molar-refractivity contribution in [3.63, 3.8) is 0 Å². The van der Waals surface area contributed by atoms with Crippen molar-refractivity contribution in [1.82, 2.24) is 4.90 Å². The van der Waals surface area contributed by atoms with Crippen molar-refractivity contribution in [2.75, 3.05) is 27.8 Å². The number of ether oxygens (including phenoxy) is 2. The molecule has 1 aliphatic rings. The zero-order valence-corrected chi connectivity index (χ0v) is 12.7. The van der Waals surface area contributed by atoms with Gasteiger partial charge in [-0.15, -0.1) is 0 Å². The van der Waals surface area contributed by atoms with Crippen LogP contribution in [0.5, 0.6) is 11.5 Å². The van der Waals surface area contributed by atoms with Crippen LogP contribution in [0.4, 0.5) is 0 Å². The van der Waals surface area contributed by atoms with Gasteiger partial charge in [-0.05, 0) is 49.1 Å². The van der Waals surface area contributed by atoms with E-state index in [9.17, 15) is 0 Å². The highest BCUT2D eigenvalue weighted by Crippen LogP contribution is 2.39. The molecule has 1 heterocycles. The average Bonchev–Trinajstić information content (AvgIpc) is 2.40. The summed E-state index contributed by atoms with van der Waals surface area (Å²) >= 11 is 0. The third-order valence-electron chi connectivity index (χ3n) is 3.96. The first-order valence-corrected chi connectivity index (χ1v) is 7.01. The number of fused-ring (bicyclic) bond motifs is 1. The van der Waals surface area contributed by atoms with Gasteiger partial charge in [0.1, 0.15) is 0 Å². The zero-order valence-electron chi connectivity index (χ0n) is 12.7. The van der Waals surface area contributed by atoms with Gasteiger partial charge in [-0.1, -0.05) is 13.8 Å². The van der Waals surface area contributed by atoms with E-state index in [1.54, 1.807) is 14.2 Å². The minimum atomic E-state index is 0.489. The summed E-state index contributed by atoms with van der Waals surface area (Å²) in [5.41, 5.74) is 2.81. The lowest BCUT2D eigenvalue weighted by atomic mass is 9.87. The number of benzene rings is 1. The van der Waals surface area contributed by atoms with Crippen LogP contribution < -0.4 is 9.47 Å². The van der Waals surface area contributed by atoms with Gasteiger partial charge in [-0.2, -0.15) is 0 Å². The Kier molecular flexibility index (Phi) is 4.35. The summed E-state index contributed by atoms with van der Waals surface area (Å²) < 4.78 is 10.9. The Labute approximate surface area is 116 Å². The molecule has 0 aromatic heterocycles. The Hall–Kier alpha value is -1.22. The molecule has 3 nitrogen and oxygen atoms in total. The van der Waals surface area contributed by atoms with Crippen molar-refractivity contribution in [3.05, 3.63) is 23.3 Å². The van der Waals surface area contributed by atoms with Crippen molar-refractivity contribution in [2.45, 2.75) is 32.7 Å². The SMILES string of the molecule is COc1cc2c(cc1OC)[C@H](CC(C)C)N(C)CC2. The molecule has 3 heteroatoms. The van der Waals surface area contributed by atoms with Gasteiger partial charge < -0.3 is 9.47 Å². The summed E-state index contributed by atoms with van der Waals surface area (Å²) in [7, 11) is 5.62. The minimum Gasteiger partial charge on any atom is -0.493 e. The molecule has 0 spiro atoms. The van der Waals surface area contributed by atoms with E-state index in [0.29, 0.717) is 12.0 Å². The largest absolute Gasteiger partial charge is 0.493 e. The van der Waals surface area contributed by atoms with Crippen LogP contribution >= 0.6 is 0 Å². The number of methoxy groups -OCH3 is 2. The molecule has 1 aromatic rings. The minimum absolute atomic E-state index is 0.489. The van der Waals surface area contributed by atoms with Crippen molar-refractivity contribution in [3.8, 4) is 11.5 Å². The monoisotopic (exact) mass is 263 g/mol. The van der Waals surface area contributed by atoms with E-state index in [0.717, 1.165) is 24.5 Å². The maximum Gasteiger partial charge on any atom is 0.161 e. The van der Waals surface area contributed by atoms with Crippen LogP contribution in [0.2, 0.25) is 0 Å². The number of nitrogens with zero attached hydrogens (tertiary/aromatic N) is 1. The lowest BCUT2D eigenvalue weighted by molar-refractivity contribution is 0.201. The normalized spacial score (nSPS) is 19.4. The van der Waals surface area contributed by atoms with Crippen molar-refractivity contribution in [1.29, 1.82) is 0 Å². The van der Waals surface area contributed by atoms with Gasteiger partial charge in [0.2, 0.25) is 0 Å². The maximum absolute atomic E-state index is 5.45. The fourth-order valence-corrected chi connectivity index (χ4v) is 2.91. The molecule has 1 aliphatic heterocycles. The van der Waals surface area contributed by atoms with E-state index in [4.69, 9.17) is 9.47 Å². The van der Waals surface area contributed by atoms with Crippen LogP contribution in [0, 0.1) is 5.92 Å². The Morgan fingerprint density at radius 2 is 1.84 bits per heavy atom. The van der Waals surface area contributed by atoms with Crippen LogP contribution in [0.15, 0.2) is 12.1 Å². The summed E-state index contributed by atoms with van der Waals surface area (Å²) in [4.78, 5) is 2.45. The van der Waals surface area contributed by atoms with Crippen LogP contribution in [-0.4, -0.2) is 32.7 Å². The summed E-state index contributed by atoms with van der Waals surface area (Å²) in [6.45, 7) is 5.67. The highest BCUT2D eigenvalue weighted by atomic mass is 16.5. The van der Waals surface area contributed by atoms with Crippen LogP contribution in [0.3, 0.4) is 0 Å². The van der Waals surface area contributed by atoms with Crippen molar-refractivity contribution < 1.29 is 9.47 Å². The third-order valence-corrected chi connectivity index (χ3v) is 3.96. The van der Waals surface area contributed by atoms with E-state index in [1.807, 2.05) is 0 Å². The first-order valence-electron chi connectivity index (χ1n) is 7.01. The summed E-state index contributed by atoms with van der Waals surface area (Å²) in [5, 5.41) is 0. The van der Waals surface area contributed by atoms with E-state index >= 15 is 0 Å². The third kappa shape index (κ3) is 2.86. The van der Waals surface area contributed by atoms with Crippen LogP contribution in [0.1, 0.15) is 37.4 Å². The van der Waals surface area contributed by atoms with Gasteiger partial charge in [0.15, 0.2) is 11.5 Å². The molecule has 0 unspecified atom stereocenters. The molecule has 0 radical (unpaired) electrons. The summed E-state index contributed by atoms with van der Waals surface area (Å²) in [5.74, 6) is 2.37. The molecule has 19 heavy (non-hydrogen) atoms. The van der Waals surface area contributed by atoms with Gasteiger partial charge in [0.25, 0.3) is 0 Å². The second kappa shape index (κ2) is 5.83. The van der Waals surface area contributed by atoms with Crippen LogP contribution in [-0.2, 0) is 6.42 Å². The Bertz CT molecular complexity index is 443. The molecule has 2 rings (SSSR count). The number of likely N-dealkylation sites (N-methyl/N-ethyl adjacent to an activating group) is 1. The maximum atomic E-state index is 5.45. The molecule has 0 aliphatic carbocycles. The predicted molar refractivity (Wildman–Crippen MR) is 78.1 cm³/mol. The van der Waals surface area contributed by atoms with E-state index in [-0.39, 0.29) is 0 Å². The van der Waals surface area contributed by atoms with Gasteiger partial charge in [0.05, 0.1) is 14.2 Å². The lowest BCUT2D eigenvalue weighted by Gasteiger charge is -2.36. The summed E-state index contributed by atoms with van der Waals surface area (Å²) in [6.07, 6.45) is 2.26. The average molecular weight is 263 g/mol. The topological polar surface area (TPSA) is 21.7 Å². The zero-order chi connectivity index (χ0) is 14.0. The fourth-order valence-electron chi connectivity index (χ4n) is 2.91. The predicted octanol–water partition coefficient (Wildman–Crippen LogP) is 3.28. The molecule has 0 amide bonds.